The minimum absolute atomic E-state index is 0.0515. The Kier molecular flexibility index (Phi) is 3.74. The molecule has 3 nitrogen and oxygen atoms in total. The lowest BCUT2D eigenvalue weighted by molar-refractivity contribution is 0.156. The van der Waals surface area contributed by atoms with Crippen molar-refractivity contribution in [3.8, 4) is 0 Å². The van der Waals surface area contributed by atoms with E-state index in [1.54, 1.807) is 0 Å². The largest absolute Gasteiger partial charge is 0.393 e. The first kappa shape index (κ1) is 12.5. The highest BCUT2D eigenvalue weighted by molar-refractivity contribution is 7.80. The van der Waals surface area contributed by atoms with Crippen LogP contribution in [-0.4, -0.2) is 28.0 Å². The van der Waals surface area contributed by atoms with E-state index >= 15 is 0 Å². The summed E-state index contributed by atoms with van der Waals surface area (Å²) in [5.41, 5.74) is 6.98. The maximum Gasteiger partial charge on any atom is 0.0788 e. The van der Waals surface area contributed by atoms with Gasteiger partial charge in [0.1, 0.15) is 0 Å². The van der Waals surface area contributed by atoms with Crippen LogP contribution in [0.25, 0.3) is 0 Å². The Labute approximate surface area is 108 Å². The van der Waals surface area contributed by atoms with E-state index in [9.17, 15) is 0 Å². The first-order chi connectivity index (χ1) is 8.10. The van der Waals surface area contributed by atoms with E-state index in [1.807, 2.05) is 18.3 Å². The molecule has 0 amide bonds. The van der Waals surface area contributed by atoms with Gasteiger partial charge in [-0.1, -0.05) is 25.2 Å². The summed E-state index contributed by atoms with van der Waals surface area (Å²) in [5.74, 6) is 0. The molecule has 2 rings (SSSR count). The molecule has 0 spiro atoms. The zero-order chi connectivity index (χ0) is 12.3. The Morgan fingerprint density at radius 3 is 2.71 bits per heavy atom. The van der Waals surface area contributed by atoms with Crippen molar-refractivity contribution in [2.45, 2.75) is 26.3 Å². The van der Waals surface area contributed by atoms with Gasteiger partial charge in [0.05, 0.1) is 10.7 Å². The van der Waals surface area contributed by atoms with E-state index in [-0.39, 0.29) is 5.41 Å². The number of nitrogens with two attached hydrogens (primary N) is 1. The van der Waals surface area contributed by atoms with E-state index in [1.165, 1.54) is 0 Å². The molecular weight excluding hydrogens is 230 g/mol. The Morgan fingerprint density at radius 1 is 1.47 bits per heavy atom. The van der Waals surface area contributed by atoms with E-state index in [4.69, 9.17) is 18.0 Å². The van der Waals surface area contributed by atoms with Gasteiger partial charge in [-0.2, -0.15) is 0 Å². The van der Waals surface area contributed by atoms with Crippen LogP contribution in [0.3, 0.4) is 0 Å². The minimum Gasteiger partial charge on any atom is -0.393 e. The lowest BCUT2D eigenvalue weighted by Crippen LogP contribution is -2.44. The summed E-state index contributed by atoms with van der Waals surface area (Å²) in [5, 5.41) is 0. The van der Waals surface area contributed by atoms with Gasteiger partial charge in [-0.25, -0.2) is 0 Å². The normalized spacial score (nSPS) is 20.1. The molecule has 0 saturated carbocycles. The summed E-state index contributed by atoms with van der Waals surface area (Å²) in [6.45, 7) is 5.19. The molecule has 1 aromatic rings. The van der Waals surface area contributed by atoms with E-state index < -0.39 is 0 Å². The van der Waals surface area contributed by atoms with Crippen LogP contribution in [0.4, 0.5) is 0 Å². The highest BCUT2D eigenvalue weighted by Crippen LogP contribution is 2.31. The SMILES string of the molecule is CC1(C(N)=S)CCN(Cc2ccccn2)CC1. The summed E-state index contributed by atoms with van der Waals surface area (Å²) in [6.07, 6.45) is 3.95. The van der Waals surface area contributed by atoms with Gasteiger partial charge in [-0.05, 0) is 38.1 Å². The standard InChI is InChI=1S/C13H19N3S/c1-13(12(14)17)5-8-16(9-6-13)10-11-4-2-3-7-15-11/h2-4,7H,5-6,8-10H2,1H3,(H2,14,17). The van der Waals surface area contributed by atoms with Crippen LogP contribution in [0.15, 0.2) is 24.4 Å². The van der Waals surface area contributed by atoms with Crippen LogP contribution < -0.4 is 5.73 Å². The third-order valence-corrected chi connectivity index (χ3v) is 4.16. The Bertz CT molecular complexity index is 383. The Hall–Kier alpha value is -1.00. The number of rotatable bonds is 3. The number of aromatic nitrogens is 1. The molecule has 1 saturated heterocycles. The number of piperidine rings is 1. The fourth-order valence-corrected chi connectivity index (χ4v) is 2.38. The number of likely N-dealkylation sites (tertiary alicyclic amines) is 1. The summed E-state index contributed by atoms with van der Waals surface area (Å²) in [4.78, 5) is 7.43. The molecule has 0 unspecified atom stereocenters. The van der Waals surface area contributed by atoms with Gasteiger partial charge < -0.3 is 5.73 Å². The van der Waals surface area contributed by atoms with Gasteiger partial charge in [0.25, 0.3) is 0 Å². The molecular formula is C13H19N3S. The number of pyridine rings is 1. The maximum atomic E-state index is 5.80. The van der Waals surface area contributed by atoms with Gasteiger partial charge >= 0.3 is 0 Å². The average molecular weight is 249 g/mol. The van der Waals surface area contributed by atoms with E-state index in [0.717, 1.165) is 38.2 Å². The van der Waals surface area contributed by atoms with E-state index in [0.29, 0.717) is 4.99 Å². The van der Waals surface area contributed by atoms with Gasteiger partial charge in [0.2, 0.25) is 0 Å². The lowest BCUT2D eigenvalue weighted by Gasteiger charge is -2.38. The second-order valence-corrected chi connectivity index (χ2v) is 5.46. The first-order valence-electron chi connectivity index (χ1n) is 6.02. The molecule has 0 radical (unpaired) electrons. The monoisotopic (exact) mass is 249 g/mol. The molecule has 92 valence electrons. The van der Waals surface area contributed by atoms with Crippen LogP contribution in [0.1, 0.15) is 25.5 Å². The summed E-state index contributed by atoms with van der Waals surface area (Å²) in [7, 11) is 0. The third-order valence-electron chi connectivity index (χ3n) is 3.67. The summed E-state index contributed by atoms with van der Waals surface area (Å²) < 4.78 is 0. The number of nitrogens with zero attached hydrogens (tertiary/aromatic N) is 2. The van der Waals surface area contributed by atoms with Crippen molar-refractivity contribution in [3.05, 3.63) is 30.1 Å². The molecule has 4 heteroatoms. The molecule has 0 atom stereocenters. The molecule has 0 bridgehead atoms. The van der Waals surface area contributed by atoms with E-state index in [2.05, 4.69) is 22.9 Å². The summed E-state index contributed by atoms with van der Waals surface area (Å²) >= 11 is 5.14. The van der Waals surface area contributed by atoms with Gasteiger partial charge in [-0.15, -0.1) is 0 Å². The van der Waals surface area contributed by atoms with Crippen molar-refractivity contribution in [1.29, 1.82) is 0 Å². The van der Waals surface area contributed by atoms with Gasteiger partial charge in [0, 0.05) is 18.2 Å². The number of hydrogen-bond donors (Lipinski definition) is 1. The highest BCUT2D eigenvalue weighted by atomic mass is 32.1. The van der Waals surface area contributed by atoms with Crippen LogP contribution in [0.2, 0.25) is 0 Å². The summed E-state index contributed by atoms with van der Waals surface area (Å²) in [6, 6.07) is 6.05. The fraction of sp³-hybridized carbons (Fsp3) is 0.538. The van der Waals surface area contributed by atoms with Crippen molar-refractivity contribution in [2.75, 3.05) is 13.1 Å². The minimum atomic E-state index is 0.0515. The third kappa shape index (κ3) is 3.01. The molecule has 0 aromatic carbocycles. The predicted octanol–water partition coefficient (Wildman–Crippen LogP) is 1.97. The lowest BCUT2D eigenvalue weighted by atomic mass is 9.80. The topological polar surface area (TPSA) is 42.1 Å². The maximum absolute atomic E-state index is 5.80. The quantitative estimate of drug-likeness (QED) is 0.832. The molecule has 1 aromatic heterocycles. The zero-order valence-electron chi connectivity index (χ0n) is 10.2. The molecule has 17 heavy (non-hydrogen) atoms. The number of thiocarbonyl (C=S) groups is 1. The van der Waals surface area contributed by atoms with Crippen LogP contribution >= 0.6 is 12.2 Å². The second kappa shape index (κ2) is 5.10. The van der Waals surface area contributed by atoms with Crippen molar-refractivity contribution in [2.24, 2.45) is 11.1 Å². The molecule has 1 aliphatic rings. The fourth-order valence-electron chi connectivity index (χ4n) is 2.17. The highest BCUT2D eigenvalue weighted by Gasteiger charge is 2.32. The smallest absolute Gasteiger partial charge is 0.0788 e. The first-order valence-corrected chi connectivity index (χ1v) is 6.43. The average Bonchev–Trinajstić information content (AvgIpc) is 2.33. The van der Waals surface area contributed by atoms with Crippen molar-refractivity contribution in [1.82, 2.24) is 9.88 Å². The van der Waals surface area contributed by atoms with Gasteiger partial charge in [-0.3, -0.25) is 9.88 Å². The van der Waals surface area contributed by atoms with Crippen molar-refractivity contribution in [3.63, 3.8) is 0 Å². The predicted molar refractivity (Wildman–Crippen MR) is 73.6 cm³/mol. The van der Waals surface area contributed by atoms with Crippen molar-refractivity contribution >= 4 is 17.2 Å². The van der Waals surface area contributed by atoms with Gasteiger partial charge in [0.15, 0.2) is 0 Å². The van der Waals surface area contributed by atoms with Crippen LogP contribution in [-0.2, 0) is 6.54 Å². The second-order valence-electron chi connectivity index (χ2n) is 5.02. The molecule has 2 heterocycles. The molecule has 1 aliphatic heterocycles. The van der Waals surface area contributed by atoms with Crippen LogP contribution in [0.5, 0.6) is 0 Å². The molecule has 0 aliphatic carbocycles. The van der Waals surface area contributed by atoms with Crippen LogP contribution in [0, 0.1) is 5.41 Å². The Morgan fingerprint density at radius 2 is 2.18 bits per heavy atom. The molecule has 2 N–H and O–H groups in total. The van der Waals surface area contributed by atoms with Crippen molar-refractivity contribution < 1.29 is 0 Å². The molecule has 1 fully saturated rings. The Balaban J connectivity index is 1.90. The zero-order valence-corrected chi connectivity index (χ0v) is 11.0. The number of hydrogen-bond acceptors (Lipinski definition) is 3.